The number of fused-ring (bicyclic) bond motifs is 1. The molecule has 28 heavy (non-hydrogen) atoms. The topological polar surface area (TPSA) is 94.8 Å². The fraction of sp³-hybridized carbons (Fsp3) is 0.450. The lowest BCUT2D eigenvalue weighted by atomic mass is 10.1. The number of ether oxygens (including phenoxy) is 2. The molecule has 0 spiro atoms. The molecule has 152 valence electrons. The third kappa shape index (κ3) is 5.73. The Kier molecular flexibility index (Phi) is 6.72. The number of amides is 1. The van der Waals surface area contributed by atoms with Gasteiger partial charge >= 0.3 is 17.7 Å². The molecule has 0 fully saturated rings. The molecular formula is C20H24ClNO6. The van der Waals surface area contributed by atoms with Gasteiger partial charge in [-0.05, 0) is 45.7 Å². The molecule has 2 rings (SSSR count). The van der Waals surface area contributed by atoms with Crippen LogP contribution in [0.25, 0.3) is 11.0 Å². The molecule has 1 heterocycles. The summed E-state index contributed by atoms with van der Waals surface area (Å²) in [7, 11) is 0. The van der Waals surface area contributed by atoms with Crippen LogP contribution in [0.5, 0.6) is 5.75 Å². The lowest BCUT2D eigenvalue weighted by molar-refractivity contribution is -0.136. The summed E-state index contributed by atoms with van der Waals surface area (Å²) in [5, 5.41) is 3.27. The van der Waals surface area contributed by atoms with Gasteiger partial charge in [-0.1, -0.05) is 24.9 Å². The summed E-state index contributed by atoms with van der Waals surface area (Å²) in [6.07, 6.45) is 0.798. The van der Waals surface area contributed by atoms with Crippen molar-refractivity contribution in [3.8, 4) is 5.75 Å². The van der Waals surface area contributed by atoms with Crippen LogP contribution in [-0.2, 0) is 16.0 Å². The molecule has 0 aliphatic heterocycles. The van der Waals surface area contributed by atoms with Crippen molar-refractivity contribution in [3.05, 3.63) is 39.2 Å². The number of nitrogens with one attached hydrogen (secondary N) is 1. The highest BCUT2D eigenvalue weighted by atomic mass is 35.5. The maximum atomic E-state index is 12.3. The number of carbonyl (C=O) groups is 2. The van der Waals surface area contributed by atoms with E-state index in [1.54, 1.807) is 26.8 Å². The second kappa shape index (κ2) is 8.65. The molecule has 8 heteroatoms. The van der Waals surface area contributed by atoms with Crippen LogP contribution >= 0.6 is 11.6 Å². The minimum Gasteiger partial charge on any atom is -0.444 e. The smallest absolute Gasteiger partial charge is 0.408 e. The first-order valence-electron chi connectivity index (χ1n) is 8.97. The lowest BCUT2D eigenvalue weighted by Crippen LogP contribution is -2.43. The normalized spacial score (nSPS) is 12.5. The monoisotopic (exact) mass is 409 g/mol. The molecule has 1 amide bonds. The Bertz CT molecular complexity index is 944. The van der Waals surface area contributed by atoms with Crippen molar-refractivity contribution in [3.63, 3.8) is 0 Å². The molecule has 1 N–H and O–H groups in total. The number of esters is 1. The van der Waals surface area contributed by atoms with Crippen LogP contribution in [0.3, 0.4) is 0 Å². The van der Waals surface area contributed by atoms with Crippen molar-refractivity contribution >= 4 is 34.6 Å². The van der Waals surface area contributed by atoms with Gasteiger partial charge in [0.15, 0.2) is 5.75 Å². The maximum Gasteiger partial charge on any atom is 0.408 e. The van der Waals surface area contributed by atoms with Gasteiger partial charge in [0.2, 0.25) is 0 Å². The van der Waals surface area contributed by atoms with E-state index >= 15 is 0 Å². The van der Waals surface area contributed by atoms with Crippen LogP contribution < -0.4 is 15.7 Å². The van der Waals surface area contributed by atoms with E-state index in [0.717, 1.165) is 12.0 Å². The molecular weight excluding hydrogens is 386 g/mol. The van der Waals surface area contributed by atoms with E-state index in [9.17, 15) is 14.4 Å². The van der Waals surface area contributed by atoms with Crippen LogP contribution in [0.4, 0.5) is 4.79 Å². The second-order valence-corrected chi connectivity index (χ2v) is 7.82. The highest BCUT2D eigenvalue weighted by molar-refractivity contribution is 6.33. The molecule has 1 aromatic heterocycles. The summed E-state index contributed by atoms with van der Waals surface area (Å²) in [4.78, 5) is 35.9. The Balaban J connectivity index is 2.21. The van der Waals surface area contributed by atoms with Crippen LogP contribution in [0.15, 0.2) is 27.4 Å². The number of aryl methyl sites for hydroxylation is 1. The first-order valence-corrected chi connectivity index (χ1v) is 9.35. The Morgan fingerprint density at radius 3 is 2.54 bits per heavy atom. The summed E-state index contributed by atoms with van der Waals surface area (Å²) in [5.41, 5.74) is -0.0942. The van der Waals surface area contributed by atoms with E-state index in [1.165, 1.54) is 19.1 Å². The van der Waals surface area contributed by atoms with Crippen LogP contribution in [0.1, 0.15) is 46.6 Å². The molecule has 0 saturated carbocycles. The molecule has 0 aliphatic rings. The van der Waals surface area contributed by atoms with E-state index in [2.05, 4.69) is 5.32 Å². The number of carbonyl (C=O) groups excluding carboxylic acids is 2. The molecule has 0 aliphatic carbocycles. The number of rotatable bonds is 5. The van der Waals surface area contributed by atoms with Gasteiger partial charge in [0.05, 0.1) is 5.02 Å². The Morgan fingerprint density at radius 1 is 1.25 bits per heavy atom. The highest BCUT2D eigenvalue weighted by Crippen LogP contribution is 2.31. The third-order valence-electron chi connectivity index (χ3n) is 3.70. The van der Waals surface area contributed by atoms with E-state index < -0.39 is 29.3 Å². The van der Waals surface area contributed by atoms with Crippen molar-refractivity contribution in [1.29, 1.82) is 0 Å². The second-order valence-electron chi connectivity index (χ2n) is 7.41. The Morgan fingerprint density at radius 2 is 1.93 bits per heavy atom. The van der Waals surface area contributed by atoms with Crippen molar-refractivity contribution in [2.45, 2.75) is 59.1 Å². The van der Waals surface area contributed by atoms with Gasteiger partial charge in [-0.25, -0.2) is 14.4 Å². The summed E-state index contributed by atoms with van der Waals surface area (Å²) >= 11 is 6.25. The summed E-state index contributed by atoms with van der Waals surface area (Å²) in [6.45, 7) is 8.60. The van der Waals surface area contributed by atoms with Gasteiger partial charge in [0, 0.05) is 17.5 Å². The number of halogens is 1. The fourth-order valence-corrected chi connectivity index (χ4v) is 2.72. The maximum absolute atomic E-state index is 12.3. The Hall–Kier alpha value is -2.54. The minimum absolute atomic E-state index is 0.0359. The minimum atomic E-state index is -0.972. The summed E-state index contributed by atoms with van der Waals surface area (Å²) in [5.74, 6) is -0.701. The largest absolute Gasteiger partial charge is 0.444 e. The molecule has 1 aromatic carbocycles. The molecule has 0 radical (unpaired) electrons. The quantitative estimate of drug-likeness (QED) is 0.451. The molecule has 0 saturated heterocycles. The molecule has 7 nitrogen and oxygen atoms in total. The molecule has 1 atom stereocenters. The van der Waals surface area contributed by atoms with E-state index in [4.69, 9.17) is 25.5 Å². The summed E-state index contributed by atoms with van der Waals surface area (Å²) in [6, 6.07) is 3.45. The van der Waals surface area contributed by atoms with Crippen LogP contribution in [-0.4, -0.2) is 23.7 Å². The van der Waals surface area contributed by atoms with Gasteiger partial charge in [-0.2, -0.15) is 0 Å². The molecule has 0 bridgehead atoms. The van der Waals surface area contributed by atoms with Crippen molar-refractivity contribution in [2.24, 2.45) is 0 Å². The van der Waals surface area contributed by atoms with Gasteiger partial charge in [-0.15, -0.1) is 0 Å². The Labute approximate surface area is 167 Å². The zero-order valence-corrected chi connectivity index (χ0v) is 17.3. The van der Waals surface area contributed by atoms with E-state index in [0.29, 0.717) is 11.8 Å². The number of alkyl carbamates (subject to hydrolysis) is 1. The van der Waals surface area contributed by atoms with E-state index in [1.807, 2.05) is 6.92 Å². The number of hydrogen-bond acceptors (Lipinski definition) is 6. The average molecular weight is 410 g/mol. The van der Waals surface area contributed by atoms with Gasteiger partial charge in [-0.3, -0.25) is 0 Å². The van der Waals surface area contributed by atoms with Gasteiger partial charge in [0.1, 0.15) is 17.2 Å². The lowest BCUT2D eigenvalue weighted by Gasteiger charge is -2.21. The standard InChI is InChI=1S/C20H24ClNO6/c1-6-7-12-8-17(23)26-15-10-16(14(21)9-13(12)15)27-18(24)11(2)22-19(25)28-20(3,4)5/h8-11H,6-7H2,1-5H3,(H,22,25)/t11-/m1/s1. The average Bonchev–Trinajstić information content (AvgIpc) is 2.54. The fourth-order valence-electron chi connectivity index (χ4n) is 2.52. The zero-order valence-electron chi connectivity index (χ0n) is 16.6. The first kappa shape index (κ1) is 21.8. The summed E-state index contributed by atoms with van der Waals surface area (Å²) < 4.78 is 15.6. The third-order valence-corrected chi connectivity index (χ3v) is 3.99. The van der Waals surface area contributed by atoms with Crippen molar-refractivity contribution in [2.75, 3.05) is 0 Å². The molecule has 0 unspecified atom stereocenters. The van der Waals surface area contributed by atoms with Crippen LogP contribution in [0, 0.1) is 0 Å². The van der Waals surface area contributed by atoms with Crippen molar-refractivity contribution < 1.29 is 23.5 Å². The zero-order chi connectivity index (χ0) is 21.1. The van der Waals surface area contributed by atoms with Crippen molar-refractivity contribution in [1.82, 2.24) is 5.32 Å². The van der Waals surface area contributed by atoms with Gasteiger partial charge < -0.3 is 19.2 Å². The van der Waals surface area contributed by atoms with E-state index in [-0.39, 0.29) is 16.4 Å². The first-order chi connectivity index (χ1) is 13.0. The molecule has 2 aromatic rings. The number of benzene rings is 1. The van der Waals surface area contributed by atoms with Crippen LogP contribution in [0.2, 0.25) is 5.02 Å². The predicted molar refractivity (Wildman–Crippen MR) is 106 cm³/mol. The van der Waals surface area contributed by atoms with Gasteiger partial charge in [0.25, 0.3) is 0 Å². The highest BCUT2D eigenvalue weighted by Gasteiger charge is 2.23. The SMILES string of the molecule is CCCc1cc(=O)oc2cc(OC(=O)[C@@H](C)NC(=O)OC(C)(C)C)c(Cl)cc12. The number of hydrogen-bond donors (Lipinski definition) is 1. The predicted octanol–water partition coefficient (Wildman–Crippen LogP) is 4.22.